The number of methoxy groups -OCH3 is 1. The fourth-order valence-electron chi connectivity index (χ4n) is 13.8. The number of anilines is 1. The zero-order valence-corrected chi connectivity index (χ0v) is 41.4. The van der Waals surface area contributed by atoms with E-state index in [-0.39, 0.29) is 18.2 Å². The molecule has 0 spiro atoms. The molecule has 4 bridgehead atoms. The molecule has 0 N–H and O–H groups in total. The molecule has 0 radical (unpaired) electrons. The number of fused-ring (bicyclic) bond motifs is 8. The third-order valence-electron chi connectivity index (χ3n) is 16.8. The summed E-state index contributed by atoms with van der Waals surface area (Å²) in [7, 11) is 1.70. The summed E-state index contributed by atoms with van der Waals surface area (Å²) in [4.78, 5) is 5.29. The van der Waals surface area contributed by atoms with Crippen molar-refractivity contribution in [2.75, 3.05) is 45.0 Å². The van der Waals surface area contributed by atoms with Gasteiger partial charge in [0.2, 0.25) is 0 Å². The number of nitrogens with zero attached hydrogens (tertiary/aromatic N) is 4. The first-order valence-corrected chi connectivity index (χ1v) is 25.9. The van der Waals surface area contributed by atoms with Crippen LogP contribution in [0.2, 0.25) is 0 Å². The summed E-state index contributed by atoms with van der Waals surface area (Å²) in [6, 6.07) is 39.2. The zero-order valence-electron chi connectivity index (χ0n) is 41.4. The SMILES string of the molecule is C=C1CCc2ccccc2-c2c(c3c(c4cc(-c5ccc(N6CCOCC6)cc5)c(OC5C6CC7CC(C6)CC5C7)cc24)OC(c2ccc(OC)cc2)(c2ccc(OCN=[N+]=[N-])cc2)C=C3)CC(C)(C)C1. The monoisotopic (exact) mass is 944 g/mol. The van der Waals surface area contributed by atoms with Gasteiger partial charge in [-0.2, -0.15) is 0 Å². The van der Waals surface area contributed by atoms with E-state index in [0.717, 1.165) is 120 Å². The van der Waals surface area contributed by atoms with E-state index in [1.807, 2.05) is 24.3 Å². The van der Waals surface area contributed by atoms with Gasteiger partial charge in [-0.1, -0.05) is 97.9 Å². The number of aryl methyl sites for hydroxylation is 1. The average Bonchev–Trinajstić information content (AvgIpc) is 3.39. The second-order valence-electron chi connectivity index (χ2n) is 22.0. The Hall–Kier alpha value is -6.67. The fourth-order valence-corrected chi connectivity index (χ4v) is 13.8. The quantitative estimate of drug-likeness (QED) is 0.0587. The molecule has 2 heterocycles. The van der Waals surface area contributed by atoms with Crippen LogP contribution in [0.15, 0.2) is 133 Å². The number of azide groups is 1. The van der Waals surface area contributed by atoms with Gasteiger partial charge in [-0.15, -0.1) is 0 Å². The first kappa shape index (κ1) is 45.5. The van der Waals surface area contributed by atoms with E-state index in [1.165, 1.54) is 65.6 Å². The summed E-state index contributed by atoms with van der Waals surface area (Å²) in [5.74, 6) is 6.02. The molecule has 1 atom stereocenters. The maximum atomic E-state index is 8.93. The highest BCUT2D eigenvalue weighted by molar-refractivity contribution is 6.08. The standard InChI is InChI=1S/C62H64N4O5/c1-39-9-10-42-7-5-6-8-51(42)58-54-35-57(70-59-44-30-40-29-41(32-44)33-45(59)31-40)53(43-11-17-48(18-12-43)66-25-27-68-28-26-66)34-55(54)60-52(56(58)37-61(2,3)36-39)23-24-62(71-60,46-13-19-49(67-4)20-14-46)47-15-21-50(22-16-47)69-38-64-65-63/h5-8,11-24,34-35,40-41,44-45,59H,1,9-10,25-33,36-38H2,2-4H3. The number of morpholine rings is 1. The number of ether oxygens (including phenoxy) is 5. The zero-order chi connectivity index (χ0) is 48.3. The molecule has 0 aromatic heterocycles. The van der Waals surface area contributed by atoms with Crippen LogP contribution >= 0.6 is 0 Å². The first-order valence-electron chi connectivity index (χ1n) is 25.9. The lowest BCUT2D eigenvalue weighted by molar-refractivity contribution is -0.0787. The Morgan fingerprint density at radius 2 is 1.46 bits per heavy atom. The molecule has 362 valence electrons. The van der Waals surface area contributed by atoms with Gasteiger partial charge in [0.1, 0.15) is 29.1 Å². The Balaban J connectivity index is 1.12. The molecule has 7 aliphatic rings. The molecular weight excluding hydrogens is 881 g/mol. The summed E-state index contributed by atoms with van der Waals surface area (Å²) in [6.07, 6.45) is 14.9. The molecular formula is C62H64N4O5. The van der Waals surface area contributed by atoms with E-state index in [1.54, 1.807) is 7.11 Å². The van der Waals surface area contributed by atoms with Crippen LogP contribution in [-0.4, -0.2) is 46.2 Å². The smallest absolute Gasteiger partial charge is 0.178 e. The second kappa shape index (κ2) is 18.5. The fraction of sp³-hybridized carbons (Fsp3) is 0.387. The van der Waals surface area contributed by atoms with Crippen LogP contribution in [0.1, 0.15) is 86.6 Å². The van der Waals surface area contributed by atoms with Gasteiger partial charge >= 0.3 is 0 Å². The van der Waals surface area contributed by atoms with E-state index in [2.05, 4.69) is 132 Å². The molecule has 13 rings (SSSR count). The molecule has 2 aliphatic heterocycles. The number of benzene rings is 6. The minimum Gasteiger partial charge on any atom is -0.497 e. The topological polar surface area (TPSA) is 98.1 Å². The van der Waals surface area contributed by atoms with Gasteiger partial charge in [-0.3, -0.25) is 0 Å². The van der Waals surface area contributed by atoms with Crippen molar-refractivity contribution in [3.05, 3.63) is 166 Å². The van der Waals surface area contributed by atoms with Crippen LogP contribution < -0.4 is 23.8 Å². The van der Waals surface area contributed by atoms with Crippen LogP contribution in [0, 0.1) is 29.1 Å². The number of allylic oxidation sites excluding steroid dienone is 1. The Labute approximate surface area is 418 Å². The number of hydrogen-bond acceptors (Lipinski definition) is 7. The summed E-state index contributed by atoms with van der Waals surface area (Å²) < 4.78 is 32.9. The van der Waals surface area contributed by atoms with Gasteiger partial charge in [0.25, 0.3) is 0 Å². The maximum absolute atomic E-state index is 8.93. The Morgan fingerprint density at radius 3 is 2.15 bits per heavy atom. The van der Waals surface area contributed by atoms with Crippen LogP contribution in [0.5, 0.6) is 23.0 Å². The van der Waals surface area contributed by atoms with Gasteiger partial charge < -0.3 is 28.6 Å². The van der Waals surface area contributed by atoms with Crippen molar-refractivity contribution >= 4 is 22.5 Å². The molecule has 1 unspecified atom stereocenters. The van der Waals surface area contributed by atoms with Crippen LogP contribution in [0.4, 0.5) is 5.69 Å². The van der Waals surface area contributed by atoms with Crippen molar-refractivity contribution in [1.82, 2.24) is 0 Å². The molecule has 1 saturated heterocycles. The number of hydrogen-bond donors (Lipinski definition) is 0. The number of rotatable bonds is 10. The van der Waals surface area contributed by atoms with Gasteiger partial charge in [0.15, 0.2) is 12.3 Å². The molecule has 5 fully saturated rings. The summed E-state index contributed by atoms with van der Waals surface area (Å²) in [5.41, 5.74) is 20.6. The van der Waals surface area contributed by atoms with E-state index >= 15 is 0 Å². The molecule has 6 aromatic carbocycles. The Kier molecular flexibility index (Phi) is 11.8. The lowest BCUT2D eigenvalue weighted by Gasteiger charge is -2.53. The summed E-state index contributed by atoms with van der Waals surface area (Å²) >= 11 is 0. The second-order valence-corrected chi connectivity index (χ2v) is 22.0. The van der Waals surface area contributed by atoms with Crippen molar-refractivity contribution in [1.29, 1.82) is 0 Å². The predicted octanol–water partition coefficient (Wildman–Crippen LogP) is 14.7. The molecule has 0 amide bonds. The van der Waals surface area contributed by atoms with Gasteiger partial charge in [0.05, 0.1) is 20.3 Å². The molecule has 71 heavy (non-hydrogen) atoms. The van der Waals surface area contributed by atoms with Crippen LogP contribution in [-0.2, 0) is 23.2 Å². The molecule has 9 nitrogen and oxygen atoms in total. The van der Waals surface area contributed by atoms with Gasteiger partial charge in [-0.25, -0.2) is 0 Å². The van der Waals surface area contributed by atoms with E-state index in [4.69, 9.17) is 29.2 Å². The highest BCUT2D eigenvalue weighted by atomic mass is 16.5. The Morgan fingerprint density at radius 1 is 0.775 bits per heavy atom. The lowest BCUT2D eigenvalue weighted by atomic mass is 9.55. The Bertz CT molecular complexity index is 3050. The van der Waals surface area contributed by atoms with Crippen molar-refractivity contribution in [3.8, 4) is 45.3 Å². The molecule has 9 heteroatoms. The minimum absolute atomic E-state index is 0.0920. The van der Waals surface area contributed by atoms with E-state index in [9.17, 15) is 0 Å². The van der Waals surface area contributed by atoms with Crippen molar-refractivity contribution in [3.63, 3.8) is 0 Å². The normalized spacial score (nSPS) is 25.0. The highest BCUT2D eigenvalue weighted by Gasteiger charge is 2.50. The summed E-state index contributed by atoms with van der Waals surface area (Å²) in [6.45, 7) is 12.6. The third-order valence-corrected chi connectivity index (χ3v) is 16.8. The van der Waals surface area contributed by atoms with Crippen molar-refractivity contribution in [2.45, 2.75) is 83.3 Å². The predicted molar refractivity (Wildman–Crippen MR) is 283 cm³/mol. The largest absolute Gasteiger partial charge is 0.497 e. The molecule has 4 saturated carbocycles. The van der Waals surface area contributed by atoms with E-state index in [0.29, 0.717) is 17.6 Å². The van der Waals surface area contributed by atoms with Gasteiger partial charge in [-0.05, 0) is 180 Å². The third kappa shape index (κ3) is 8.51. The summed E-state index contributed by atoms with van der Waals surface area (Å²) in [5, 5.41) is 5.80. The van der Waals surface area contributed by atoms with Gasteiger partial charge in [0, 0.05) is 51.3 Å². The van der Waals surface area contributed by atoms with Crippen molar-refractivity contribution in [2.24, 2.45) is 34.2 Å². The molecule has 6 aromatic rings. The van der Waals surface area contributed by atoms with Crippen LogP contribution in [0.3, 0.4) is 0 Å². The lowest BCUT2D eigenvalue weighted by Crippen LogP contribution is -2.50. The van der Waals surface area contributed by atoms with E-state index < -0.39 is 5.60 Å². The minimum atomic E-state index is -1.04. The van der Waals surface area contributed by atoms with Crippen LogP contribution in [0.25, 0.3) is 49.5 Å². The van der Waals surface area contributed by atoms with Crippen molar-refractivity contribution < 1.29 is 23.7 Å². The average molecular weight is 945 g/mol. The maximum Gasteiger partial charge on any atom is 0.178 e. The highest BCUT2D eigenvalue weighted by Crippen LogP contribution is 2.57. The molecule has 5 aliphatic carbocycles. The first-order chi connectivity index (χ1) is 34.6.